The maximum Gasteiger partial charge on any atom is 2.00 e. The van der Waals surface area contributed by atoms with E-state index in [0.29, 0.717) is 36.4 Å². The fourth-order valence-electron chi connectivity index (χ4n) is 4.21. The van der Waals surface area contributed by atoms with Crippen molar-refractivity contribution in [1.82, 2.24) is 19.9 Å². The summed E-state index contributed by atoms with van der Waals surface area (Å²) in [4.78, 5) is 130. The number of rotatable bonds is 8. The zero-order valence-electron chi connectivity index (χ0n) is 31.6. The van der Waals surface area contributed by atoms with Crippen LogP contribution in [0.25, 0.3) is 22.8 Å². The van der Waals surface area contributed by atoms with Gasteiger partial charge < -0.3 is 87.9 Å². The Balaban J connectivity index is 0. The molecule has 0 bridgehead atoms. The van der Waals surface area contributed by atoms with Crippen LogP contribution in [0.5, 0.6) is 0 Å². The summed E-state index contributed by atoms with van der Waals surface area (Å²) in [6, 6.07) is 25.7. The van der Waals surface area contributed by atoms with Crippen LogP contribution in [0.4, 0.5) is 0 Å². The van der Waals surface area contributed by atoms with Crippen molar-refractivity contribution in [2.75, 3.05) is 0 Å². The van der Waals surface area contributed by atoms with Gasteiger partial charge in [0.25, 0.3) is 0 Å². The first-order chi connectivity index (χ1) is 27.6. The van der Waals surface area contributed by atoms with Crippen LogP contribution in [0.2, 0.25) is 0 Å². The number of nitrogens with zero attached hydrogens (tertiary/aromatic N) is 4. The molecule has 64 heavy (non-hydrogen) atoms. The van der Waals surface area contributed by atoms with Crippen LogP contribution in [-0.2, 0) is 72.5 Å². The van der Waals surface area contributed by atoms with E-state index in [-0.39, 0.29) is 45.1 Å². The van der Waals surface area contributed by atoms with Crippen molar-refractivity contribution in [2.24, 2.45) is 0 Å². The SMILES string of the molecule is O=P([O-])(O)c1cc(P(=O)([O-])O)cc(P(=O)(O)O)c1.O=P([O-])(O)c1cc(P(=O)([O-])O)cc(P(=O)(O)O)c1.[Cu+2].[Cu+2].[OH3+].[OH3+].c1ccc(-c2ccccn2)nc1.c1ccc(-c2ccccn2)nc1. The molecule has 0 saturated heterocycles. The van der Waals surface area contributed by atoms with Gasteiger partial charge in [-0.1, -0.05) is 24.3 Å². The standard InChI is InChI=1S/2C10H8N2.2C6H9O9P3.2Cu.2H2O/c2*1-3-7-11-9(5-1)10-6-2-4-8-12-10;2*7-16(8,9)4-1-5(17(10,11)12)3-6(2-4)18(13,14)15;;;;/h2*1-8H;2*1-3H,(H2,7,8,9)(H2,10,11,12)(H2,13,14,15);;;2*1H2/q;;;;2*+2;;/p-2. The second kappa shape index (κ2) is 26.3. The molecule has 0 aliphatic carbocycles. The summed E-state index contributed by atoms with van der Waals surface area (Å²) >= 11 is 0. The minimum Gasteiger partial charge on any atom is -0.775 e. The fraction of sp³-hybridized carbons (Fsp3) is 0. The Morgan fingerprint density at radius 2 is 0.500 bits per heavy atom. The topological polar surface area (TPSA) is 474 Å². The van der Waals surface area contributed by atoms with E-state index < -0.39 is 77.4 Å². The maximum absolute atomic E-state index is 10.9. The van der Waals surface area contributed by atoms with Crippen molar-refractivity contribution in [3.8, 4) is 22.8 Å². The minimum atomic E-state index is -5.18. The van der Waals surface area contributed by atoms with Gasteiger partial charge in [0.15, 0.2) is 30.4 Å². The molecule has 4 aromatic heterocycles. The van der Waals surface area contributed by atoms with E-state index >= 15 is 0 Å². The van der Waals surface area contributed by atoms with Crippen molar-refractivity contribution in [1.29, 1.82) is 0 Å². The first-order valence-electron chi connectivity index (χ1n) is 15.8. The van der Waals surface area contributed by atoms with E-state index in [1.54, 1.807) is 24.8 Å². The molecule has 14 N–H and O–H groups in total. The summed E-state index contributed by atoms with van der Waals surface area (Å²) in [6.07, 6.45) is 7.07. The molecule has 2 aromatic carbocycles. The fourth-order valence-corrected chi connectivity index (χ4v) is 8.46. The zero-order valence-corrected chi connectivity index (χ0v) is 38.8. The van der Waals surface area contributed by atoms with Crippen LogP contribution in [0.15, 0.2) is 134 Å². The van der Waals surface area contributed by atoms with Crippen LogP contribution in [0.3, 0.4) is 0 Å². The van der Waals surface area contributed by atoms with Crippen molar-refractivity contribution < 1.29 is 131 Å². The van der Waals surface area contributed by atoms with E-state index in [1.165, 1.54) is 0 Å². The van der Waals surface area contributed by atoms with Gasteiger partial charge in [-0.15, -0.1) is 0 Å². The van der Waals surface area contributed by atoms with Gasteiger partial charge in [-0.25, -0.2) is 0 Å². The van der Waals surface area contributed by atoms with Gasteiger partial charge >= 0.3 is 49.3 Å². The van der Waals surface area contributed by atoms with Crippen LogP contribution in [0, 0.1) is 0 Å². The number of hydrogen-bond donors (Lipinski definition) is 8. The van der Waals surface area contributed by atoms with Gasteiger partial charge in [-0.2, -0.15) is 0 Å². The van der Waals surface area contributed by atoms with Gasteiger partial charge in [-0.3, -0.25) is 29.1 Å². The van der Waals surface area contributed by atoms with E-state index in [4.69, 9.17) is 39.1 Å². The van der Waals surface area contributed by atoms with Crippen molar-refractivity contribution in [3.05, 3.63) is 134 Å². The first-order valence-corrected chi connectivity index (χ1v) is 25.3. The summed E-state index contributed by atoms with van der Waals surface area (Å²) in [5, 5.41) is -6.01. The van der Waals surface area contributed by atoms with E-state index in [9.17, 15) is 47.0 Å². The molecule has 0 spiro atoms. The van der Waals surface area contributed by atoms with Gasteiger partial charge in [0.1, 0.15) is 0 Å². The number of benzene rings is 2. The predicted octanol–water partition coefficient (Wildman–Crippen LogP) is -3.90. The van der Waals surface area contributed by atoms with Gasteiger partial charge in [-0.05, 0) is 84.9 Å². The molecule has 354 valence electrons. The average molecular weight is 1110 g/mol. The third kappa shape index (κ3) is 21.0. The van der Waals surface area contributed by atoms with Crippen molar-refractivity contribution in [2.45, 2.75) is 0 Å². The molecule has 0 amide bonds. The molecule has 4 heterocycles. The Morgan fingerprint density at radius 3 is 0.625 bits per heavy atom. The Kier molecular flexibility index (Phi) is 25.9. The van der Waals surface area contributed by atoms with Gasteiger partial charge in [0, 0.05) is 46.0 Å². The molecule has 6 rings (SSSR count). The molecule has 0 aliphatic rings. The number of pyridine rings is 4. The van der Waals surface area contributed by atoms with Gasteiger partial charge in [0.05, 0.1) is 33.4 Å². The first kappa shape index (κ1) is 63.0. The normalized spacial score (nSPS) is 14.3. The van der Waals surface area contributed by atoms with Crippen molar-refractivity contribution >= 4 is 77.4 Å². The maximum atomic E-state index is 10.9. The minimum absolute atomic E-state index is 0. The van der Waals surface area contributed by atoms with Crippen LogP contribution < -0.4 is 51.4 Å². The second-order valence-electron chi connectivity index (χ2n) is 11.4. The Hall–Kier alpha value is -3.10. The van der Waals surface area contributed by atoms with Crippen molar-refractivity contribution in [3.63, 3.8) is 0 Å². The second-order valence-corrected chi connectivity index (χ2v) is 20.9. The quantitative estimate of drug-likeness (QED) is 0.0410. The zero-order chi connectivity index (χ0) is 45.2. The largest absolute Gasteiger partial charge is 2.00 e. The summed E-state index contributed by atoms with van der Waals surface area (Å²) in [5.74, 6) is 0. The molecule has 0 fully saturated rings. The summed E-state index contributed by atoms with van der Waals surface area (Å²) in [5.41, 5.74) is 3.66. The summed E-state index contributed by atoms with van der Waals surface area (Å²) in [6.45, 7) is 0. The average Bonchev–Trinajstić information content (AvgIpc) is 3.18. The molecule has 4 unspecified atom stereocenters. The van der Waals surface area contributed by atoms with E-state index in [0.717, 1.165) is 22.8 Å². The van der Waals surface area contributed by atoms with Gasteiger partial charge in [0.2, 0.25) is 0 Å². The molecule has 0 saturated carbocycles. The van der Waals surface area contributed by atoms with E-state index in [1.807, 2.05) is 72.8 Å². The predicted molar refractivity (Wildman–Crippen MR) is 219 cm³/mol. The smallest absolute Gasteiger partial charge is 0.775 e. The molecule has 0 aliphatic heterocycles. The Labute approximate surface area is 383 Å². The molecular weight excluding hydrogens is 1070 g/mol. The number of aromatic nitrogens is 4. The van der Waals surface area contributed by atoms with Crippen LogP contribution in [-0.4, -0.2) is 59.1 Å². The molecule has 2 radical (unpaired) electrons. The third-order valence-corrected chi connectivity index (χ3v) is 12.4. The van der Waals surface area contributed by atoms with Crippen LogP contribution in [0.1, 0.15) is 0 Å². The monoisotopic (exact) mass is 1110 g/mol. The number of hydrogen-bond acceptors (Lipinski definition) is 14. The molecular formula is C32H36Cu2N4O20P6+2. The Morgan fingerprint density at radius 1 is 0.328 bits per heavy atom. The molecule has 24 nitrogen and oxygen atoms in total. The molecule has 32 heteroatoms. The third-order valence-electron chi connectivity index (χ3n) is 6.94. The molecule has 4 atom stereocenters. The molecule has 6 aromatic rings. The van der Waals surface area contributed by atoms with E-state index in [2.05, 4.69) is 19.9 Å². The Bertz CT molecular complexity index is 2210. The summed E-state index contributed by atoms with van der Waals surface area (Å²) < 4.78 is 65.3. The van der Waals surface area contributed by atoms with Crippen LogP contribution >= 0.6 is 45.6 Å². The summed E-state index contributed by atoms with van der Waals surface area (Å²) in [7, 11) is -30.6.